The molecule has 1 heteroatoms. The van der Waals surface area contributed by atoms with Gasteiger partial charge >= 0.3 is 0 Å². The molecule has 0 heterocycles. The fourth-order valence-electron chi connectivity index (χ4n) is 9.00. The standard InChI is InChI=1S/C55H43N/c1-55(2)53-23-12-11-22-51(53)52-31-30-49(37-54(52)55)56(50-35-46(38-14-5-3-6-15-38)34-47(36-50)39-16-7-4-8-17-39)48-28-26-41(27-29-48)43-20-13-21-44(32-43)45-25-24-40-18-9-10-19-42(40)33-45/h3-32,34-37,42H,33H2,1-2H3. The Hall–Kier alpha value is -6.70. The van der Waals surface area contributed by atoms with E-state index in [-0.39, 0.29) is 5.41 Å². The molecule has 0 aromatic heterocycles. The lowest BCUT2D eigenvalue weighted by atomic mass is 9.82. The average molecular weight is 718 g/mol. The third-order valence-electron chi connectivity index (χ3n) is 12.0. The van der Waals surface area contributed by atoms with E-state index in [1.54, 1.807) is 0 Å². The predicted molar refractivity (Wildman–Crippen MR) is 237 cm³/mol. The maximum absolute atomic E-state index is 2.45. The van der Waals surface area contributed by atoms with Crippen molar-refractivity contribution in [2.45, 2.75) is 25.7 Å². The highest BCUT2D eigenvalue weighted by Gasteiger charge is 2.35. The maximum atomic E-state index is 2.45. The molecule has 0 saturated heterocycles. The number of nitrogens with zero attached hydrogens (tertiary/aromatic N) is 1. The third kappa shape index (κ3) is 6.06. The highest BCUT2D eigenvalue weighted by molar-refractivity contribution is 5.89. The van der Waals surface area contributed by atoms with Gasteiger partial charge in [0.2, 0.25) is 0 Å². The van der Waals surface area contributed by atoms with E-state index in [4.69, 9.17) is 0 Å². The van der Waals surface area contributed by atoms with Gasteiger partial charge in [0.15, 0.2) is 0 Å². The molecule has 0 radical (unpaired) electrons. The van der Waals surface area contributed by atoms with Crippen molar-refractivity contribution >= 4 is 22.6 Å². The van der Waals surface area contributed by atoms with Crippen molar-refractivity contribution in [1.29, 1.82) is 0 Å². The van der Waals surface area contributed by atoms with Gasteiger partial charge in [-0.05, 0) is 127 Å². The van der Waals surface area contributed by atoms with Gasteiger partial charge in [0.1, 0.15) is 0 Å². The molecule has 3 aliphatic rings. The number of hydrogen-bond acceptors (Lipinski definition) is 1. The van der Waals surface area contributed by atoms with Crippen molar-refractivity contribution in [2.75, 3.05) is 4.90 Å². The fourth-order valence-corrected chi connectivity index (χ4v) is 9.00. The minimum Gasteiger partial charge on any atom is -0.310 e. The first kappa shape index (κ1) is 33.8. The molecular weight excluding hydrogens is 675 g/mol. The molecule has 1 unspecified atom stereocenters. The SMILES string of the molecule is CC1(C)c2ccccc2-c2ccc(N(c3ccc(-c4cccc(C5=CC=C6C=CC=CC6C5)c4)cc3)c3cc(-c4ccccc4)cc(-c4ccccc4)c3)cc21. The molecular formula is C55H43N. The lowest BCUT2D eigenvalue weighted by Gasteiger charge is -2.29. The van der Waals surface area contributed by atoms with E-state index in [9.17, 15) is 0 Å². The van der Waals surface area contributed by atoms with Crippen LogP contribution in [-0.4, -0.2) is 0 Å². The topological polar surface area (TPSA) is 3.24 Å². The first-order chi connectivity index (χ1) is 27.5. The summed E-state index contributed by atoms with van der Waals surface area (Å²) >= 11 is 0. The molecule has 0 aliphatic heterocycles. The van der Waals surface area contributed by atoms with Crippen LogP contribution in [0.4, 0.5) is 17.1 Å². The number of hydrogen-bond donors (Lipinski definition) is 0. The minimum atomic E-state index is -0.112. The second kappa shape index (κ2) is 13.9. The molecule has 268 valence electrons. The van der Waals surface area contributed by atoms with Crippen LogP contribution in [-0.2, 0) is 5.41 Å². The van der Waals surface area contributed by atoms with Gasteiger partial charge in [-0.3, -0.25) is 0 Å². The van der Waals surface area contributed by atoms with E-state index in [1.807, 2.05) is 0 Å². The minimum absolute atomic E-state index is 0.112. The fraction of sp³-hybridized carbons (Fsp3) is 0.0909. The van der Waals surface area contributed by atoms with Crippen LogP contribution < -0.4 is 4.90 Å². The van der Waals surface area contributed by atoms with Crippen molar-refractivity contribution < 1.29 is 0 Å². The van der Waals surface area contributed by atoms with E-state index < -0.39 is 0 Å². The van der Waals surface area contributed by atoms with Gasteiger partial charge < -0.3 is 4.90 Å². The lowest BCUT2D eigenvalue weighted by molar-refractivity contribution is 0.660. The molecule has 7 aromatic rings. The van der Waals surface area contributed by atoms with Crippen LogP contribution >= 0.6 is 0 Å². The summed E-state index contributed by atoms with van der Waals surface area (Å²) in [7, 11) is 0. The van der Waals surface area contributed by atoms with Crippen LogP contribution in [0.5, 0.6) is 0 Å². The molecule has 7 aromatic carbocycles. The normalized spacial score (nSPS) is 16.0. The number of rotatable bonds is 7. The van der Waals surface area contributed by atoms with E-state index >= 15 is 0 Å². The third-order valence-corrected chi connectivity index (χ3v) is 12.0. The van der Waals surface area contributed by atoms with Gasteiger partial charge in [-0.15, -0.1) is 0 Å². The molecule has 0 spiro atoms. The van der Waals surface area contributed by atoms with Crippen LogP contribution in [0, 0.1) is 5.92 Å². The summed E-state index contributed by atoms with van der Waals surface area (Å²) < 4.78 is 0. The van der Waals surface area contributed by atoms with Gasteiger partial charge in [0.25, 0.3) is 0 Å². The monoisotopic (exact) mass is 717 g/mol. The quantitative estimate of drug-likeness (QED) is 0.159. The first-order valence-electron chi connectivity index (χ1n) is 19.8. The zero-order valence-corrected chi connectivity index (χ0v) is 31.9. The second-order valence-electron chi connectivity index (χ2n) is 15.8. The second-order valence-corrected chi connectivity index (χ2v) is 15.8. The Kier molecular flexibility index (Phi) is 8.37. The van der Waals surface area contributed by atoms with Gasteiger partial charge in [0, 0.05) is 28.4 Å². The van der Waals surface area contributed by atoms with E-state index in [0.29, 0.717) is 5.92 Å². The smallest absolute Gasteiger partial charge is 0.0473 e. The zero-order valence-electron chi connectivity index (χ0n) is 31.9. The summed E-state index contributed by atoms with van der Waals surface area (Å²) in [5.41, 5.74) is 19.9. The number of allylic oxidation sites excluding steroid dienone is 8. The first-order valence-corrected chi connectivity index (χ1v) is 19.8. The number of fused-ring (bicyclic) bond motifs is 4. The van der Waals surface area contributed by atoms with E-state index in [0.717, 1.165) is 23.5 Å². The summed E-state index contributed by atoms with van der Waals surface area (Å²) in [6.45, 7) is 4.72. The molecule has 0 bridgehead atoms. The number of benzene rings is 7. The van der Waals surface area contributed by atoms with Crippen molar-refractivity contribution in [1.82, 2.24) is 0 Å². The summed E-state index contributed by atoms with van der Waals surface area (Å²) in [6, 6.07) is 62.7. The Morgan fingerprint density at radius 1 is 0.446 bits per heavy atom. The summed E-state index contributed by atoms with van der Waals surface area (Å²) in [5, 5.41) is 0. The molecule has 1 atom stereocenters. The van der Waals surface area contributed by atoms with Gasteiger partial charge in [-0.25, -0.2) is 0 Å². The largest absolute Gasteiger partial charge is 0.310 e. The van der Waals surface area contributed by atoms with Crippen LogP contribution in [0.1, 0.15) is 37.0 Å². The van der Waals surface area contributed by atoms with E-state index in [1.165, 1.54) is 72.3 Å². The van der Waals surface area contributed by atoms with Crippen molar-refractivity contribution in [3.63, 3.8) is 0 Å². The van der Waals surface area contributed by atoms with Crippen molar-refractivity contribution in [2.24, 2.45) is 5.92 Å². The Morgan fingerprint density at radius 2 is 1.05 bits per heavy atom. The Morgan fingerprint density at radius 3 is 1.80 bits per heavy atom. The average Bonchev–Trinajstić information content (AvgIpc) is 3.49. The molecule has 0 N–H and O–H groups in total. The molecule has 3 aliphatic carbocycles. The van der Waals surface area contributed by atoms with Crippen LogP contribution in [0.15, 0.2) is 212 Å². The molecule has 0 saturated carbocycles. The lowest BCUT2D eigenvalue weighted by Crippen LogP contribution is -2.16. The van der Waals surface area contributed by atoms with Gasteiger partial charge in [-0.1, -0.05) is 172 Å². The molecule has 10 rings (SSSR count). The zero-order chi connectivity index (χ0) is 37.6. The summed E-state index contributed by atoms with van der Waals surface area (Å²) in [6.07, 6.45) is 14.5. The maximum Gasteiger partial charge on any atom is 0.0473 e. The van der Waals surface area contributed by atoms with E-state index in [2.05, 4.69) is 225 Å². The Bertz CT molecular complexity index is 2670. The Labute approximate surface area is 331 Å². The highest BCUT2D eigenvalue weighted by atomic mass is 15.1. The predicted octanol–water partition coefficient (Wildman–Crippen LogP) is 14.9. The molecule has 56 heavy (non-hydrogen) atoms. The molecule has 1 nitrogen and oxygen atoms in total. The van der Waals surface area contributed by atoms with Crippen molar-refractivity contribution in [3.05, 3.63) is 229 Å². The highest BCUT2D eigenvalue weighted by Crippen LogP contribution is 2.51. The number of anilines is 3. The molecule has 0 fully saturated rings. The van der Waals surface area contributed by atoms with Crippen LogP contribution in [0.25, 0.3) is 50.1 Å². The van der Waals surface area contributed by atoms with Crippen LogP contribution in [0.3, 0.4) is 0 Å². The van der Waals surface area contributed by atoms with Gasteiger partial charge in [0.05, 0.1) is 0 Å². The summed E-state index contributed by atoms with van der Waals surface area (Å²) in [5.74, 6) is 0.454. The van der Waals surface area contributed by atoms with Crippen LogP contribution in [0.2, 0.25) is 0 Å². The molecule has 0 amide bonds. The summed E-state index contributed by atoms with van der Waals surface area (Å²) in [4.78, 5) is 2.45. The van der Waals surface area contributed by atoms with Crippen molar-refractivity contribution in [3.8, 4) is 44.5 Å². The Balaban J connectivity index is 1.09. The van der Waals surface area contributed by atoms with Gasteiger partial charge in [-0.2, -0.15) is 0 Å².